The number of aldehydes is 1. The molecule has 0 aromatic heterocycles. The molecule has 10 heteroatoms. The number of para-hydroxylation sites is 1. The molecule has 1 heterocycles. The van der Waals surface area contributed by atoms with Crippen LogP contribution in [0.3, 0.4) is 0 Å². The van der Waals surface area contributed by atoms with E-state index in [4.69, 9.17) is 9.47 Å². The molecule has 0 bridgehead atoms. The fourth-order valence-electron chi connectivity index (χ4n) is 3.01. The van der Waals surface area contributed by atoms with Crippen molar-refractivity contribution >= 4 is 22.0 Å². The zero-order valence-corrected chi connectivity index (χ0v) is 16.3. The van der Waals surface area contributed by atoms with Gasteiger partial charge in [0.25, 0.3) is 5.69 Å². The quantitative estimate of drug-likeness (QED) is 0.251. The number of unbranched alkanes of at least 4 members (excludes halogenated alkanes) is 2. The minimum Gasteiger partial charge on any atom is -0.454 e. The number of hydrogen-bond donors (Lipinski definition) is 0. The smallest absolute Gasteiger partial charge is 0.289 e. The number of carbonyl (C=O) groups excluding carboxylic acids is 1. The first kappa shape index (κ1) is 20.7. The minimum atomic E-state index is -4.14. The van der Waals surface area contributed by atoms with E-state index >= 15 is 0 Å². The fourth-order valence-corrected chi connectivity index (χ4v) is 4.63. The molecule has 29 heavy (non-hydrogen) atoms. The molecule has 0 saturated carbocycles. The maximum atomic E-state index is 13.3. The van der Waals surface area contributed by atoms with Gasteiger partial charge in [-0.2, -0.15) is 4.31 Å². The maximum absolute atomic E-state index is 13.3. The van der Waals surface area contributed by atoms with E-state index in [1.807, 2.05) is 0 Å². The molecule has 0 atom stereocenters. The Bertz CT molecular complexity index is 1010. The van der Waals surface area contributed by atoms with Crippen molar-refractivity contribution in [3.05, 3.63) is 58.1 Å². The summed E-state index contributed by atoms with van der Waals surface area (Å²) in [4.78, 5) is 20.8. The number of carbonyl (C=O) groups is 1. The lowest BCUT2D eigenvalue weighted by atomic mass is 10.2. The minimum absolute atomic E-state index is 0.00606. The van der Waals surface area contributed by atoms with Gasteiger partial charge in [-0.05, 0) is 36.6 Å². The third kappa shape index (κ3) is 4.72. The van der Waals surface area contributed by atoms with E-state index in [2.05, 4.69) is 0 Å². The van der Waals surface area contributed by atoms with Crippen LogP contribution in [-0.2, 0) is 21.4 Å². The van der Waals surface area contributed by atoms with Crippen molar-refractivity contribution in [2.45, 2.75) is 30.7 Å². The molecule has 3 rings (SSSR count). The first-order valence-electron chi connectivity index (χ1n) is 8.99. The molecule has 0 aliphatic carbocycles. The van der Waals surface area contributed by atoms with Crippen LogP contribution in [0.1, 0.15) is 24.8 Å². The van der Waals surface area contributed by atoms with Crippen LogP contribution in [0.2, 0.25) is 0 Å². The van der Waals surface area contributed by atoms with Crippen molar-refractivity contribution in [1.82, 2.24) is 4.31 Å². The number of rotatable bonds is 10. The number of nitro groups is 1. The average Bonchev–Trinajstić information content (AvgIpc) is 3.18. The lowest BCUT2D eigenvalue weighted by Gasteiger charge is -2.22. The van der Waals surface area contributed by atoms with E-state index in [1.165, 1.54) is 22.5 Å². The molecule has 0 fully saturated rings. The van der Waals surface area contributed by atoms with Gasteiger partial charge in [0.2, 0.25) is 16.8 Å². The average molecular weight is 420 g/mol. The molecule has 2 aromatic carbocycles. The number of sulfonamides is 1. The standard InChI is InChI=1S/C19H20N2O7S/c22-11-5-1-4-10-20(13-15-8-9-17-18(12-15)28-14-27-17)29(25,26)19-7-3-2-6-16(19)21(23)24/h2-3,6-9,11-12H,1,4-5,10,13-14H2. The van der Waals surface area contributed by atoms with Crippen LogP contribution in [0, 0.1) is 10.1 Å². The molecule has 0 radical (unpaired) electrons. The molecule has 2 aromatic rings. The summed E-state index contributed by atoms with van der Waals surface area (Å²) in [6.07, 6.45) is 2.07. The van der Waals surface area contributed by atoms with E-state index < -0.39 is 20.6 Å². The normalized spacial score (nSPS) is 12.9. The number of fused-ring (bicyclic) bond motifs is 1. The summed E-state index contributed by atoms with van der Waals surface area (Å²) in [7, 11) is -4.14. The lowest BCUT2D eigenvalue weighted by Crippen LogP contribution is -2.32. The summed E-state index contributed by atoms with van der Waals surface area (Å²) >= 11 is 0. The van der Waals surface area contributed by atoms with Crippen molar-refractivity contribution in [2.75, 3.05) is 13.3 Å². The van der Waals surface area contributed by atoms with Gasteiger partial charge < -0.3 is 14.3 Å². The van der Waals surface area contributed by atoms with E-state index in [0.717, 1.165) is 12.4 Å². The van der Waals surface area contributed by atoms with Crippen molar-refractivity contribution in [3.63, 3.8) is 0 Å². The molecule has 1 aliphatic heterocycles. The summed E-state index contributed by atoms with van der Waals surface area (Å²) in [5.41, 5.74) is 0.183. The Labute approximate surface area is 168 Å². The summed E-state index contributed by atoms with van der Waals surface area (Å²) in [6, 6.07) is 10.4. The molecule has 154 valence electrons. The van der Waals surface area contributed by atoms with Crippen molar-refractivity contribution in [2.24, 2.45) is 0 Å². The van der Waals surface area contributed by atoms with Gasteiger partial charge in [0, 0.05) is 25.6 Å². The number of nitrogens with zero attached hydrogens (tertiary/aromatic N) is 2. The highest BCUT2D eigenvalue weighted by Gasteiger charge is 2.31. The van der Waals surface area contributed by atoms with Gasteiger partial charge in [0.15, 0.2) is 16.4 Å². The van der Waals surface area contributed by atoms with E-state index in [-0.39, 0.29) is 24.8 Å². The molecule has 1 aliphatic rings. The Kier molecular flexibility index (Phi) is 6.45. The Balaban J connectivity index is 1.92. The second-order valence-corrected chi connectivity index (χ2v) is 8.32. The van der Waals surface area contributed by atoms with Crippen LogP contribution < -0.4 is 9.47 Å². The summed E-state index contributed by atoms with van der Waals surface area (Å²) in [6.45, 7) is 0.228. The molecule has 9 nitrogen and oxygen atoms in total. The highest BCUT2D eigenvalue weighted by Crippen LogP contribution is 2.34. The van der Waals surface area contributed by atoms with Gasteiger partial charge in [-0.25, -0.2) is 8.42 Å². The first-order chi connectivity index (χ1) is 13.9. The second-order valence-electron chi connectivity index (χ2n) is 6.41. The zero-order valence-electron chi connectivity index (χ0n) is 15.5. The molecule has 0 amide bonds. The van der Waals surface area contributed by atoms with Crippen molar-refractivity contribution in [1.29, 1.82) is 0 Å². The summed E-state index contributed by atoms with van der Waals surface area (Å²) in [5, 5.41) is 11.3. The van der Waals surface area contributed by atoms with Gasteiger partial charge in [-0.15, -0.1) is 0 Å². The topological polar surface area (TPSA) is 116 Å². The largest absolute Gasteiger partial charge is 0.454 e. The molecule has 0 N–H and O–H groups in total. The van der Waals surface area contributed by atoms with Crippen LogP contribution in [0.15, 0.2) is 47.4 Å². The predicted octanol–water partition coefficient (Wildman–Crippen LogP) is 2.88. The molecule has 0 saturated heterocycles. The maximum Gasteiger partial charge on any atom is 0.289 e. The molecule has 0 unspecified atom stereocenters. The SMILES string of the molecule is O=CCCCCN(Cc1ccc2c(c1)OCO2)S(=O)(=O)c1ccccc1[N+](=O)[O-]. The number of hydrogen-bond acceptors (Lipinski definition) is 7. The third-order valence-electron chi connectivity index (χ3n) is 4.46. The van der Waals surface area contributed by atoms with Crippen molar-refractivity contribution in [3.8, 4) is 11.5 Å². The predicted molar refractivity (Wildman–Crippen MR) is 103 cm³/mol. The first-order valence-corrected chi connectivity index (χ1v) is 10.4. The van der Waals surface area contributed by atoms with Crippen LogP contribution in [0.4, 0.5) is 5.69 Å². The van der Waals surface area contributed by atoms with E-state index in [1.54, 1.807) is 18.2 Å². The summed E-state index contributed by atoms with van der Waals surface area (Å²) in [5.74, 6) is 1.10. The Morgan fingerprint density at radius 3 is 2.62 bits per heavy atom. The second kappa shape index (κ2) is 9.01. The fraction of sp³-hybridized carbons (Fsp3) is 0.316. The summed E-state index contributed by atoms with van der Waals surface area (Å²) < 4.78 is 38.3. The van der Waals surface area contributed by atoms with Gasteiger partial charge >= 0.3 is 0 Å². The Hall–Kier alpha value is -2.98. The number of benzene rings is 2. The Morgan fingerprint density at radius 2 is 1.86 bits per heavy atom. The van der Waals surface area contributed by atoms with Crippen LogP contribution in [0.25, 0.3) is 0 Å². The molecular weight excluding hydrogens is 400 g/mol. The van der Waals surface area contributed by atoms with E-state index in [0.29, 0.717) is 36.3 Å². The molecule has 0 spiro atoms. The lowest BCUT2D eigenvalue weighted by molar-refractivity contribution is -0.387. The van der Waals surface area contributed by atoms with Crippen molar-refractivity contribution < 1.29 is 27.6 Å². The Morgan fingerprint density at radius 1 is 1.10 bits per heavy atom. The zero-order chi connectivity index (χ0) is 20.9. The van der Waals surface area contributed by atoms with Gasteiger partial charge in [0.1, 0.15) is 6.29 Å². The number of nitro benzene ring substituents is 1. The molecular formula is C19H20N2O7S. The highest BCUT2D eigenvalue weighted by molar-refractivity contribution is 7.89. The monoisotopic (exact) mass is 420 g/mol. The van der Waals surface area contributed by atoms with Crippen LogP contribution in [0.5, 0.6) is 11.5 Å². The third-order valence-corrected chi connectivity index (χ3v) is 6.35. The van der Waals surface area contributed by atoms with Gasteiger partial charge in [0.05, 0.1) is 4.92 Å². The highest BCUT2D eigenvalue weighted by atomic mass is 32.2. The van der Waals surface area contributed by atoms with Gasteiger partial charge in [-0.1, -0.05) is 18.2 Å². The van der Waals surface area contributed by atoms with E-state index in [9.17, 15) is 23.3 Å². The van der Waals surface area contributed by atoms with Gasteiger partial charge in [-0.3, -0.25) is 10.1 Å². The van der Waals surface area contributed by atoms with Crippen LogP contribution >= 0.6 is 0 Å². The number of ether oxygens (including phenoxy) is 2. The van der Waals surface area contributed by atoms with Crippen LogP contribution in [-0.4, -0.2) is 37.3 Å².